The Labute approximate surface area is 149 Å². The molecule has 2 rings (SSSR count). The highest BCUT2D eigenvalue weighted by atomic mass is 35.5. The maximum absolute atomic E-state index is 12.8. The molecule has 1 aliphatic heterocycles. The van der Waals surface area contributed by atoms with Gasteiger partial charge in [0.25, 0.3) is 0 Å². The zero-order valence-electron chi connectivity index (χ0n) is 14.1. The van der Waals surface area contributed by atoms with Gasteiger partial charge in [0.15, 0.2) is 0 Å². The van der Waals surface area contributed by atoms with E-state index in [0.29, 0.717) is 10.6 Å². The fourth-order valence-corrected chi connectivity index (χ4v) is 5.54. The molecule has 0 spiro atoms. The quantitative estimate of drug-likeness (QED) is 0.838. The largest absolute Gasteiger partial charge is 0.307 e. The number of rotatable bonds is 3. The van der Waals surface area contributed by atoms with Crippen molar-refractivity contribution in [1.29, 1.82) is 0 Å². The van der Waals surface area contributed by atoms with Crippen LogP contribution in [0.15, 0.2) is 17.0 Å². The molecule has 2 N–H and O–H groups in total. The Balaban J connectivity index is 2.30. The zero-order valence-corrected chi connectivity index (χ0v) is 16.5. The van der Waals surface area contributed by atoms with E-state index in [1.165, 1.54) is 6.07 Å². The van der Waals surface area contributed by atoms with Crippen LogP contribution in [-0.2, 0) is 10.0 Å². The van der Waals surface area contributed by atoms with Gasteiger partial charge in [-0.05, 0) is 65.2 Å². The van der Waals surface area contributed by atoms with Gasteiger partial charge in [-0.25, -0.2) is 13.1 Å². The average molecular weight is 379 g/mol. The minimum Gasteiger partial charge on any atom is -0.307 e. The minimum atomic E-state index is -3.65. The Hall–Kier alpha value is -0.330. The maximum atomic E-state index is 12.8. The standard InChI is InChI=1S/C16H24Cl2N2O2S/c1-10-6-12(17)13(18)7-14(10)23(21,22)19-11-8-15(2,3)20-16(4,5)9-11/h6-7,11,19-20H,8-9H2,1-5H3. The second kappa shape index (κ2) is 6.19. The second-order valence-corrected chi connectivity index (χ2v) is 10.1. The summed E-state index contributed by atoms with van der Waals surface area (Å²) in [4.78, 5) is 0.182. The number of halogens is 2. The molecule has 23 heavy (non-hydrogen) atoms. The number of benzene rings is 1. The van der Waals surface area contributed by atoms with Crippen LogP contribution in [0.5, 0.6) is 0 Å². The number of hydrogen-bond donors (Lipinski definition) is 2. The van der Waals surface area contributed by atoms with Crippen LogP contribution in [0, 0.1) is 6.92 Å². The highest BCUT2D eigenvalue weighted by Gasteiger charge is 2.39. The lowest BCUT2D eigenvalue weighted by Gasteiger charge is -2.46. The molecule has 1 saturated heterocycles. The molecule has 0 bridgehead atoms. The maximum Gasteiger partial charge on any atom is 0.241 e. The zero-order chi connectivity index (χ0) is 17.6. The fraction of sp³-hybridized carbons (Fsp3) is 0.625. The van der Waals surface area contributed by atoms with Gasteiger partial charge in [-0.15, -0.1) is 0 Å². The Morgan fingerprint density at radius 2 is 1.57 bits per heavy atom. The van der Waals surface area contributed by atoms with E-state index in [2.05, 4.69) is 37.7 Å². The summed E-state index contributed by atoms with van der Waals surface area (Å²) in [6.07, 6.45) is 1.44. The van der Waals surface area contributed by atoms with Gasteiger partial charge in [0.05, 0.1) is 14.9 Å². The second-order valence-electron chi connectivity index (χ2n) is 7.65. The molecule has 7 heteroatoms. The molecule has 1 aromatic carbocycles. The van der Waals surface area contributed by atoms with Crippen molar-refractivity contribution in [1.82, 2.24) is 10.0 Å². The van der Waals surface area contributed by atoms with Gasteiger partial charge in [-0.3, -0.25) is 0 Å². The highest BCUT2D eigenvalue weighted by Crippen LogP contribution is 2.31. The Kier molecular flexibility index (Phi) is 5.11. The molecule has 0 radical (unpaired) electrons. The smallest absolute Gasteiger partial charge is 0.241 e. The summed E-state index contributed by atoms with van der Waals surface area (Å²) in [6.45, 7) is 10.0. The summed E-state index contributed by atoms with van der Waals surface area (Å²) in [5, 5.41) is 4.14. The predicted octanol–water partition coefficient (Wildman–Crippen LogP) is 3.89. The first-order valence-corrected chi connectivity index (χ1v) is 9.83. The molecule has 1 heterocycles. The molecular weight excluding hydrogens is 355 g/mol. The molecule has 1 aliphatic rings. The molecule has 0 aliphatic carbocycles. The van der Waals surface area contributed by atoms with Crippen LogP contribution in [-0.4, -0.2) is 25.5 Å². The molecule has 4 nitrogen and oxygen atoms in total. The van der Waals surface area contributed by atoms with Crippen molar-refractivity contribution in [3.8, 4) is 0 Å². The van der Waals surface area contributed by atoms with E-state index in [0.717, 1.165) is 12.8 Å². The lowest BCUT2D eigenvalue weighted by molar-refractivity contribution is 0.157. The van der Waals surface area contributed by atoms with E-state index >= 15 is 0 Å². The van der Waals surface area contributed by atoms with Gasteiger partial charge in [-0.1, -0.05) is 23.2 Å². The third-order valence-electron chi connectivity index (χ3n) is 4.02. The molecule has 0 aromatic heterocycles. The molecule has 0 unspecified atom stereocenters. The van der Waals surface area contributed by atoms with Gasteiger partial charge in [-0.2, -0.15) is 0 Å². The Bertz CT molecular complexity index is 699. The minimum absolute atomic E-state index is 0.137. The SMILES string of the molecule is Cc1cc(Cl)c(Cl)cc1S(=O)(=O)NC1CC(C)(C)NC(C)(C)C1. The summed E-state index contributed by atoms with van der Waals surface area (Å²) in [5.74, 6) is 0. The summed E-state index contributed by atoms with van der Waals surface area (Å²) >= 11 is 11.9. The van der Waals surface area contributed by atoms with Crippen LogP contribution in [0.4, 0.5) is 0 Å². The third kappa shape index (κ3) is 4.60. The van der Waals surface area contributed by atoms with E-state index in [9.17, 15) is 8.42 Å². The van der Waals surface area contributed by atoms with E-state index < -0.39 is 10.0 Å². The number of aryl methyl sites for hydroxylation is 1. The highest BCUT2D eigenvalue weighted by molar-refractivity contribution is 7.89. The van der Waals surface area contributed by atoms with E-state index in [-0.39, 0.29) is 27.0 Å². The lowest BCUT2D eigenvalue weighted by Crippen LogP contribution is -2.62. The van der Waals surface area contributed by atoms with Crippen molar-refractivity contribution in [3.05, 3.63) is 27.7 Å². The van der Waals surface area contributed by atoms with E-state index in [1.807, 2.05) is 0 Å². The molecular formula is C16H24Cl2N2O2S. The molecule has 0 atom stereocenters. The lowest BCUT2D eigenvalue weighted by atomic mass is 9.80. The summed E-state index contributed by atoms with van der Waals surface area (Å²) in [7, 11) is -3.65. The van der Waals surface area contributed by atoms with Crippen molar-refractivity contribution in [2.45, 2.75) is 69.5 Å². The topological polar surface area (TPSA) is 58.2 Å². The fourth-order valence-electron chi connectivity index (χ4n) is 3.61. The van der Waals surface area contributed by atoms with Crippen LogP contribution in [0.3, 0.4) is 0 Å². The van der Waals surface area contributed by atoms with Crippen LogP contribution >= 0.6 is 23.2 Å². The van der Waals surface area contributed by atoms with Gasteiger partial charge in [0.1, 0.15) is 0 Å². The molecule has 1 aromatic rings. The van der Waals surface area contributed by atoms with Crippen molar-refractivity contribution in [3.63, 3.8) is 0 Å². The summed E-state index contributed by atoms with van der Waals surface area (Å²) in [5.41, 5.74) is 0.308. The predicted molar refractivity (Wildman–Crippen MR) is 95.8 cm³/mol. The molecule has 0 amide bonds. The van der Waals surface area contributed by atoms with Gasteiger partial charge in [0, 0.05) is 17.1 Å². The molecule has 1 fully saturated rings. The van der Waals surface area contributed by atoms with E-state index in [1.54, 1.807) is 13.0 Å². The van der Waals surface area contributed by atoms with E-state index in [4.69, 9.17) is 23.2 Å². The monoisotopic (exact) mass is 378 g/mol. The van der Waals surface area contributed by atoms with Crippen LogP contribution in [0.25, 0.3) is 0 Å². The van der Waals surface area contributed by atoms with Gasteiger partial charge in [0.2, 0.25) is 10.0 Å². The molecule has 0 saturated carbocycles. The number of piperidine rings is 1. The number of hydrogen-bond acceptors (Lipinski definition) is 3. The van der Waals surface area contributed by atoms with Crippen molar-refractivity contribution >= 4 is 33.2 Å². The number of nitrogens with one attached hydrogen (secondary N) is 2. The summed E-state index contributed by atoms with van der Waals surface area (Å²) in [6, 6.07) is 2.85. The average Bonchev–Trinajstić information content (AvgIpc) is 2.28. The van der Waals surface area contributed by atoms with Crippen molar-refractivity contribution in [2.75, 3.05) is 0 Å². The van der Waals surface area contributed by atoms with Crippen LogP contribution < -0.4 is 10.0 Å². The first-order chi connectivity index (χ1) is 10.3. The first kappa shape index (κ1) is 19.0. The molecule has 130 valence electrons. The normalized spacial score (nSPS) is 21.3. The van der Waals surface area contributed by atoms with Crippen LogP contribution in [0.1, 0.15) is 46.1 Å². The third-order valence-corrected chi connectivity index (χ3v) is 6.40. The number of sulfonamides is 1. The van der Waals surface area contributed by atoms with Gasteiger partial charge >= 0.3 is 0 Å². The van der Waals surface area contributed by atoms with Crippen LogP contribution in [0.2, 0.25) is 10.0 Å². The van der Waals surface area contributed by atoms with Gasteiger partial charge < -0.3 is 5.32 Å². The Morgan fingerprint density at radius 3 is 2.09 bits per heavy atom. The Morgan fingerprint density at radius 1 is 1.09 bits per heavy atom. The summed E-state index contributed by atoms with van der Waals surface area (Å²) < 4.78 is 28.4. The first-order valence-electron chi connectivity index (χ1n) is 7.59. The van der Waals surface area contributed by atoms with Crippen molar-refractivity contribution in [2.24, 2.45) is 0 Å². The van der Waals surface area contributed by atoms with Crippen molar-refractivity contribution < 1.29 is 8.42 Å².